The molecule has 2 heterocycles. The second kappa shape index (κ2) is 5.02. The van der Waals surface area contributed by atoms with Crippen LogP contribution in [0.1, 0.15) is 24.3 Å². The standard InChI is InChI=1S/C13H16ClN3O2S/c1-20(18,19)17-6-4-9(5-7-17)10-2-3-12(14)13-11(10)8-15-16-13/h2-3,8-9H,4-7H2,1H3,(H,15,16). The van der Waals surface area contributed by atoms with E-state index < -0.39 is 10.0 Å². The third kappa shape index (κ3) is 2.43. The van der Waals surface area contributed by atoms with Gasteiger partial charge in [-0.15, -0.1) is 0 Å². The fourth-order valence-corrected chi connectivity index (χ4v) is 3.96. The van der Waals surface area contributed by atoms with Crippen molar-refractivity contribution >= 4 is 32.5 Å². The smallest absolute Gasteiger partial charge is 0.211 e. The van der Waals surface area contributed by atoms with Crippen LogP contribution in [0.15, 0.2) is 18.3 Å². The molecule has 1 aliphatic rings. The predicted octanol–water partition coefficient (Wildman–Crippen LogP) is 2.36. The van der Waals surface area contributed by atoms with Crippen LogP contribution in [0.25, 0.3) is 10.9 Å². The molecule has 1 aromatic carbocycles. The van der Waals surface area contributed by atoms with Crippen molar-refractivity contribution in [3.8, 4) is 0 Å². The van der Waals surface area contributed by atoms with Gasteiger partial charge < -0.3 is 0 Å². The van der Waals surface area contributed by atoms with E-state index in [-0.39, 0.29) is 0 Å². The Hall–Kier alpha value is -1.11. The average molecular weight is 314 g/mol. The third-order valence-electron chi connectivity index (χ3n) is 3.96. The number of rotatable bonds is 2. The van der Waals surface area contributed by atoms with Gasteiger partial charge in [-0.3, -0.25) is 5.10 Å². The highest BCUT2D eigenvalue weighted by atomic mass is 35.5. The molecular weight excluding hydrogens is 298 g/mol. The number of nitrogens with zero attached hydrogens (tertiary/aromatic N) is 2. The first-order valence-corrected chi connectivity index (χ1v) is 8.76. The van der Waals surface area contributed by atoms with Crippen LogP contribution in [-0.2, 0) is 10.0 Å². The maximum absolute atomic E-state index is 11.5. The number of H-pyrrole nitrogens is 1. The fourth-order valence-electron chi connectivity index (χ4n) is 2.88. The van der Waals surface area contributed by atoms with Crippen LogP contribution in [0.5, 0.6) is 0 Å². The van der Waals surface area contributed by atoms with Gasteiger partial charge in [0.2, 0.25) is 10.0 Å². The Labute approximate surface area is 123 Å². The summed E-state index contributed by atoms with van der Waals surface area (Å²) in [5.41, 5.74) is 2.06. The van der Waals surface area contributed by atoms with E-state index in [0.29, 0.717) is 24.0 Å². The molecule has 0 saturated carbocycles. The number of piperidine rings is 1. The van der Waals surface area contributed by atoms with E-state index in [0.717, 1.165) is 23.7 Å². The molecule has 1 N–H and O–H groups in total. The van der Waals surface area contributed by atoms with Gasteiger partial charge in [-0.2, -0.15) is 5.10 Å². The highest BCUT2D eigenvalue weighted by Crippen LogP contribution is 2.35. The number of fused-ring (bicyclic) bond motifs is 1. The molecule has 0 aliphatic carbocycles. The molecule has 0 bridgehead atoms. The normalized spacial score (nSPS) is 18.7. The predicted molar refractivity (Wildman–Crippen MR) is 79.5 cm³/mol. The van der Waals surface area contributed by atoms with Gasteiger partial charge in [0.25, 0.3) is 0 Å². The average Bonchev–Trinajstić information content (AvgIpc) is 2.88. The summed E-state index contributed by atoms with van der Waals surface area (Å²) in [5, 5.41) is 8.67. The summed E-state index contributed by atoms with van der Waals surface area (Å²) in [5.74, 6) is 0.352. The molecule has 1 fully saturated rings. The molecule has 1 aliphatic heterocycles. The van der Waals surface area contributed by atoms with Gasteiger partial charge in [0, 0.05) is 18.5 Å². The van der Waals surface area contributed by atoms with Crippen LogP contribution < -0.4 is 0 Å². The maximum atomic E-state index is 11.5. The third-order valence-corrected chi connectivity index (χ3v) is 5.58. The van der Waals surface area contributed by atoms with Crippen molar-refractivity contribution in [1.29, 1.82) is 0 Å². The molecular formula is C13H16ClN3O2S. The van der Waals surface area contributed by atoms with E-state index in [2.05, 4.69) is 10.2 Å². The first kappa shape index (κ1) is 13.9. The zero-order valence-corrected chi connectivity index (χ0v) is 12.7. The summed E-state index contributed by atoms with van der Waals surface area (Å²) >= 11 is 6.13. The number of halogens is 1. The zero-order chi connectivity index (χ0) is 14.3. The van der Waals surface area contributed by atoms with Gasteiger partial charge >= 0.3 is 0 Å². The summed E-state index contributed by atoms with van der Waals surface area (Å²) in [7, 11) is -3.08. The quantitative estimate of drug-likeness (QED) is 0.925. The Morgan fingerprint density at radius 3 is 2.70 bits per heavy atom. The largest absolute Gasteiger partial charge is 0.276 e. The Bertz CT molecular complexity index is 733. The van der Waals surface area contributed by atoms with Crippen LogP contribution in [-0.4, -0.2) is 42.3 Å². The first-order valence-electron chi connectivity index (χ1n) is 6.53. The van der Waals surface area contributed by atoms with Crippen LogP contribution in [0, 0.1) is 0 Å². The molecule has 5 nitrogen and oxygen atoms in total. The van der Waals surface area contributed by atoms with Gasteiger partial charge in [-0.05, 0) is 30.4 Å². The number of aromatic amines is 1. The minimum absolute atomic E-state index is 0.352. The lowest BCUT2D eigenvalue weighted by atomic mass is 9.88. The van der Waals surface area contributed by atoms with Gasteiger partial charge in [0.15, 0.2) is 0 Å². The molecule has 0 spiro atoms. The van der Waals surface area contributed by atoms with Crippen molar-refractivity contribution in [2.75, 3.05) is 19.3 Å². The highest BCUT2D eigenvalue weighted by Gasteiger charge is 2.27. The molecule has 1 saturated heterocycles. The Morgan fingerprint density at radius 2 is 2.05 bits per heavy atom. The van der Waals surface area contributed by atoms with Crippen LogP contribution in [0.3, 0.4) is 0 Å². The molecule has 0 atom stereocenters. The summed E-state index contributed by atoms with van der Waals surface area (Å²) in [4.78, 5) is 0. The summed E-state index contributed by atoms with van der Waals surface area (Å²) in [6.07, 6.45) is 4.72. The molecule has 0 amide bonds. The van der Waals surface area contributed by atoms with Crippen molar-refractivity contribution in [3.63, 3.8) is 0 Å². The zero-order valence-electron chi connectivity index (χ0n) is 11.1. The molecule has 108 valence electrons. The molecule has 2 aromatic rings. The number of hydrogen-bond donors (Lipinski definition) is 1. The highest BCUT2D eigenvalue weighted by molar-refractivity contribution is 7.88. The molecule has 3 rings (SSSR count). The molecule has 1 aromatic heterocycles. The van der Waals surface area contributed by atoms with Crippen molar-refractivity contribution in [2.45, 2.75) is 18.8 Å². The van der Waals surface area contributed by atoms with E-state index >= 15 is 0 Å². The van der Waals surface area contributed by atoms with Crippen molar-refractivity contribution in [3.05, 3.63) is 28.9 Å². The lowest BCUT2D eigenvalue weighted by Gasteiger charge is -2.30. The minimum Gasteiger partial charge on any atom is -0.276 e. The van der Waals surface area contributed by atoms with E-state index in [1.54, 1.807) is 10.5 Å². The van der Waals surface area contributed by atoms with Gasteiger partial charge in [0.05, 0.1) is 23.0 Å². The van der Waals surface area contributed by atoms with Crippen LogP contribution in [0.4, 0.5) is 0 Å². The lowest BCUT2D eigenvalue weighted by molar-refractivity contribution is 0.322. The van der Waals surface area contributed by atoms with E-state index in [1.807, 2.05) is 12.1 Å². The minimum atomic E-state index is -3.08. The Balaban J connectivity index is 1.87. The number of aromatic nitrogens is 2. The number of hydrogen-bond acceptors (Lipinski definition) is 3. The molecule has 20 heavy (non-hydrogen) atoms. The number of benzene rings is 1. The van der Waals surface area contributed by atoms with Crippen molar-refractivity contribution in [1.82, 2.24) is 14.5 Å². The van der Waals surface area contributed by atoms with Gasteiger partial charge in [0.1, 0.15) is 0 Å². The number of sulfonamides is 1. The summed E-state index contributed by atoms with van der Waals surface area (Å²) < 4.78 is 24.6. The van der Waals surface area contributed by atoms with Crippen molar-refractivity contribution in [2.24, 2.45) is 0 Å². The fraction of sp³-hybridized carbons (Fsp3) is 0.462. The van der Waals surface area contributed by atoms with E-state index in [1.165, 1.54) is 11.8 Å². The van der Waals surface area contributed by atoms with E-state index in [9.17, 15) is 8.42 Å². The first-order chi connectivity index (χ1) is 9.47. The Morgan fingerprint density at radius 1 is 1.35 bits per heavy atom. The van der Waals surface area contributed by atoms with Crippen molar-refractivity contribution < 1.29 is 8.42 Å². The van der Waals surface area contributed by atoms with Gasteiger partial charge in [-0.25, -0.2) is 12.7 Å². The molecule has 0 radical (unpaired) electrons. The van der Waals surface area contributed by atoms with Gasteiger partial charge in [-0.1, -0.05) is 17.7 Å². The topological polar surface area (TPSA) is 66.1 Å². The van der Waals surface area contributed by atoms with Crippen LogP contribution >= 0.6 is 11.6 Å². The monoisotopic (exact) mass is 313 g/mol. The second-order valence-corrected chi connectivity index (χ2v) is 7.62. The van der Waals surface area contributed by atoms with E-state index in [4.69, 9.17) is 11.6 Å². The summed E-state index contributed by atoms with van der Waals surface area (Å²) in [6, 6.07) is 3.90. The number of nitrogens with one attached hydrogen (secondary N) is 1. The second-order valence-electron chi connectivity index (χ2n) is 5.23. The Kier molecular flexibility index (Phi) is 3.48. The molecule has 0 unspecified atom stereocenters. The maximum Gasteiger partial charge on any atom is 0.211 e. The SMILES string of the molecule is CS(=O)(=O)N1CCC(c2ccc(Cl)c3[nH]ncc23)CC1. The lowest BCUT2D eigenvalue weighted by Crippen LogP contribution is -2.37. The van der Waals surface area contributed by atoms with Crippen LogP contribution in [0.2, 0.25) is 5.02 Å². The molecule has 7 heteroatoms. The summed E-state index contributed by atoms with van der Waals surface area (Å²) in [6.45, 7) is 1.15.